The van der Waals surface area contributed by atoms with Gasteiger partial charge in [-0.2, -0.15) is 0 Å². The smallest absolute Gasteiger partial charge is 0.323 e. The first kappa shape index (κ1) is 15.7. The van der Waals surface area contributed by atoms with E-state index >= 15 is 0 Å². The molecule has 2 atom stereocenters. The molecule has 0 fully saturated rings. The van der Waals surface area contributed by atoms with Crippen LogP contribution in [0.1, 0.15) is 20.8 Å². The van der Waals surface area contributed by atoms with E-state index in [-0.39, 0.29) is 24.2 Å². The lowest BCUT2D eigenvalue weighted by molar-refractivity contribution is -0.144. The zero-order valence-electron chi connectivity index (χ0n) is 9.70. The van der Waals surface area contributed by atoms with Gasteiger partial charge in [-0.3, -0.25) is 4.79 Å². The lowest BCUT2D eigenvalue weighted by Crippen LogP contribution is -2.41. The van der Waals surface area contributed by atoms with Crippen molar-refractivity contribution in [1.29, 1.82) is 0 Å². The molecule has 0 bridgehead atoms. The lowest BCUT2D eigenvalue weighted by atomic mass is 10.3. The van der Waals surface area contributed by atoms with Crippen molar-refractivity contribution in [2.75, 3.05) is 18.2 Å². The minimum absolute atomic E-state index is 0.0970. The van der Waals surface area contributed by atoms with Gasteiger partial charge in [-0.25, -0.2) is 13.1 Å². The average Bonchev–Trinajstić information content (AvgIpc) is 2.16. The van der Waals surface area contributed by atoms with Gasteiger partial charge in [0.2, 0.25) is 10.0 Å². The van der Waals surface area contributed by atoms with Crippen LogP contribution in [0.15, 0.2) is 0 Å². The number of hydrogen-bond donors (Lipinski definition) is 1. The summed E-state index contributed by atoms with van der Waals surface area (Å²) in [5.74, 6) is -0.576. The van der Waals surface area contributed by atoms with Crippen LogP contribution in [0.4, 0.5) is 0 Å². The van der Waals surface area contributed by atoms with E-state index in [2.05, 4.69) is 9.46 Å². The van der Waals surface area contributed by atoms with Gasteiger partial charge < -0.3 is 4.74 Å². The van der Waals surface area contributed by atoms with Crippen LogP contribution in [0.3, 0.4) is 0 Å². The molecule has 0 saturated heterocycles. The van der Waals surface area contributed by atoms with Crippen LogP contribution in [-0.2, 0) is 19.6 Å². The summed E-state index contributed by atoms with van der Waals surface area (Å²) in [6.07, 6.45) is 0. The number of rotatable bonds is 7. The Hall–Kier alpha value is -0.330. The monoisotopic (exact) mass is 271 g/mol. The summed E-state index contributed by atoms with van der Waals surface area (Å²) >= 11 is 5.52. The number of carbonyl (C=O) groups excluding carboxylic acids is 1. The highest BCUT2D eigenvalue weighted by molar-refractivity contribution is 7.89. The Labute approximate surface area is 102 Å². The second-order valence-electron chi connectivity index (χ2n) is 3.63. The quantitative estimate of drug-likeness (QED) is 0.547. The molecule has 0 aromatic carbocycles. The van der Waals surface area contributed by atoms with E-state index in [9.17, 15) is 13.2 Å². The van der Waals surface area contributed by atoms with Gasteiger partial charge in [0.15, 0.2) is 0 Å². The number of hydrogen-bond acceptors (Lipinski definition) is 4. The molecule has 0 radical (unpaired) electrons. The molecule has 16 heavy (non-hydrogen) atoms. The Balaban J connectivity index is 4.31. The van der Waals surface area contributed by atoms with Crippen LogP contribution in [0, 0.1) is 5.92 Å². The van der Waals surface area contributed by atoms with Crippen LogP contribution in [0.2, 0.25) is 0 Å². The number of carbonyl (C=O) groups is 1. The topological polar surface area (TPSA) is 72.5 Å². The summed E-state index contributed by atoms with van der Waals surface area (Å²) in [5.41, 5.74) is 0. The molecule has 0 heterocycles. The predicted molar refractivity (Wildman–Crippen MR) is 62.9 cm³/mol. The first-order valence-electron chi connectivity index (χ1n) is 5.05. The first-order valence-corrected chi connectivity index (χ1v) is 7.23. The fourth-order valence-electron chi connectivity index (χ4n) is 1.05. The second-order valence-corrected chi connectivity index (χ2v) is 5.74. The van der Waals surface area contributed by atoms with Gasteiger partial charge >= 0.3 is 5.97 Å². The summed E-state index contributed by atoms with van der Waals surface area (Å²) in [5, 5.41) is 0. The standard InChI is InChI=1S/C9H18ClNO4S/c1-4-15-9(12)8(3)11-16(13,14)6-7(2)5-10/h7-8,11H,4-6H2,1-3H3. The Morgan fingerprint density at radius 2 is 2.00 bits per heavy atom. The molecule has 96 valence electrons. The number of sulfonamides is 1. The van der Waals surface area contributed by atoms with Crippen molar-refractivity contribution in [3.05, 3.63) is 0 Å². The highest BCUT2D eigenvalue weighted by atomic mass is 35.5. The van der Waals surface area contributed by atoms with Gasteiger partial charge in [0.05, 0.1) is 12.4 Å². The van der Waals surface area contributed by atoms with Crippen molar-refractivity contribution in [1.82, 2.24) is 4.72 Å². The number of halogens is 1. The SMILES string of the molecule is CCOC(=O)C(C)NS(=O)(=O)CC(C)CCl. The summed E-state index contributed by atoms with van der Waals surface area (Å²) < 4.78 is 30.0. The van der Waals surface area contributed by atoms with E-state index < -0.39 is 22.0 Å². The summed E-state index contributed by atoms with van der Waals surface area (Å²) in [7, 11) is -3.49. The predicted octanol–water partition coefficient (Wildman–Crippen LogP) is 0.732. The molecule has 0 aliphatic carbocycles. The molecule has 0 rings (SSSR count). The van der Waals surface area contributed by atoms with Crippen molar-refractivity contribution in [2.45, 2.75) is 26.8 Å². The van der Waals surface area contributed by atoms with Crippen LogP contribution in [0.25, 0.3) is 0 Å². The van der Waals surface area contributed by atoms with Crippen LogP contribution >= 0.6 is 11.6 Å². The molecule has 5 nitrogen and oxygen atoms in total. The van der Waals surface area contributed by atoms with Gasteiger partial charge in [0.1, 0.15) is 6.04 Å². The molecule has 0 aromatic heterocycles. The highest BCUT2D eigenvalue weighted by Crippen LogP contribution is 2.03. The number of esters is 1. The fraction of sp³-hybridized carbons (Fsp3) is 0.889. The maximum absolute atomic E-state index is 11.5. The minimum Gasteiger partial charge on any atom is -0.465 e. The molecule has 0 amide bonds. The first-order chi connectivity index (χ1) is 7.32. The molecule has 2 unspecified atom stereocenters. The molecule has 1 N–H and O–H groups in total. The average molecular weight is 272 g/mol. The van der Waals surface area contributed by atoms with Gasteiger partial charge in [-0.05, 0) is 19.8 Å². The van der Waals surface area contributed by atoms with Crippen molar-refractivity contribution in [3.63, 3.8) is 0 Å². The van der Waals surface area contributed by atoms with Crippen LogP contribution in [-0.4, -0.2) is 38.7 Å². The second kappa shape index (κ2) is 7.09. The normalized spacial score (nSPS) is 15.5. The van der Waals surface area contributed by atoms with Crippen molar-refractivity contribution < 1.29 is 17.9 Å². The van der Waals surface area contributed by atoms with E-state index in [0.717, 1.165) is 0 Å². The van der Waals surface area contributed by atoms with Gasteiger partial charge in [-0.15, -0.1) is 11.6 Å². The molecule has 0 aliphatic heterocycles. The number of alkyl halides is 1. The Kier molecular flexibility index (Phi) is 6.94. The minimum atomic E-state index is -3.49. The van der Waals surface area contributed by atoms with Crippen molar-refractivity contribution in [3.8, 4) is 0 Å². The summed E-state index contributed by atoms with van der Waals surface area (Å²) in [6, 6.07) is -0.868. The van der Waals surface area contributed by atoms with Gasteiger partial charge in [0, 0.05) is 5.88 Å². The molecule has 0 saturated carbocycles. The third kappa shape index (κ3) is 6.30. The van der Waals surface area contributed by atoms with Crippen LogP contribution < -0.4 is 4.72 Å². The number of ether oxygens (including phenoxy) is 1. The van der Waals surface area contributed by atoms with E-state index in [1.165, 1.54) is 6.92 Å². The molecule has 0 spiro atoms. The van der Waals surface area contributed by atoms with E-state index in [0.29, 0.717) is 0 Å². The summed E-state index contributed by atoms with van der Waals surface area (Å²) in [6.45, 7) is 5.06. The molecule has 0 aromatic rings. The van der Waals surface area contributed by atoms with Gasteiger partial charge in [0.25, 0.3) is 0 Å². The summed E-state index contributed by atoms with van der Waals surface area (Å²) in [4.78, 5) is 11.2. The maximum Gasteiger partial charge on any atom is 0.323 e. The van der Waals surface area contributed by atoms with E-state index in [4.69, 9.17) is 11.6 Å². The van der Waals surface area contributed by atoms with E-state index in [1.807, 2.05) is 0 Å². The molecular formula is C9H18ClNO4S. The van der Waals surface area contributed by atoms with Crippen molar-refractivity contribution >= 4 is 27.6 Å². The van der Waals surface area contributed by atoms with Crippen LogP contribution in [0.5, 0.6) is 0 Å². The lowest BCUT2D eigenvalue weighted by Gasteiger charge is -2.14. The van der Waals surface area contributed by atoms with Gasteiger partial charge in [-0.1, -0.05) is 6.92 Å². The molecule has 0 aliphatic rings. The zero-order chi connectivity index (χ0) is 12.8. The zero-order valence-corrected chi connectivity index (χ0v) is 11.3. The number of nitrogens with one attached hydrogen (secondary N) is 1. The maximum atomic E-state index is 11.5. The largest absolute Gasteiger partial charge is 0.465 e. The van der Waals surface area contributed by atoms with Crippen molar-refractivity contribution in [2.24, 2.45) is 5.92 Å². The molecule has 7 heteroatoms. The fourth-order valence-corrected chi connectivity index (χ4v) is 2.89. The third-order valence-electron chi connectivity index (χ3n) is 1.76. The Morgan fingerprint density at radius 1 is 1.44 bits per heavy atom. The third-order valence-corrected chi connectivity index (χ3v) is 4.01. The van der Waals surface area contributed by atoms with E-state index in [1.54, 1.807) is 13.8 Å². The Bertz CT molecular complexity index is 317. The highest BCUT2D eigenvalue weighted by Gasteiger charge is 2.22. The Morgan fingerprint density at radius 3 is 2.44 bits per heavy atom. The molecular weight excluding hydrogens is 254 g/mol.